The van der Waals surface area contributed by atoms with Crippen LogP contribution in [0.1, 0.15) is 18.9 Å². The number of hydrogen-bond acceptors (Lipinski definition) is 3. The van der Waals surface area contributed by atoms with Crippen LogP contribution in [0.3, 0.4) is 0 Å². The number of benzene rings is 3. The predicted molar refractivity (Wildman–Crippen MR) is 111 cm³/mol. The minimum Gasteiger partial charge on any atom is -0.306 e. The highest BCUT2D eigenvalue weighted by Crippen LogP contribution is 2.32. The second-order valence-corrected chi connectivity index (χ2v) is 6.41. The lowest BCUT2D eigenvalue weighted by Crippen LogP contribution is -2.31. The van der Waals surface area contributed by atoms with E-state index in [1.165, 1.54) is 0 Å². The van der Waals surface area contributed by atoms with Crippen molar-refractivity contribution < 1.29 is 4.79 Å². The third kappa shape index (κ3) is 3.22. The standard InChI is InChI=1S/C23H21N3O/c1-2-17-25-21-16-10-9-15-20(21)22(23(25)27)24-26(18-11-5-3-6-12-18)19-13-7-4-8-14-19/h3-16H,2,17H2,1H3/b24-22+. The Bertz CT molecular complexity index is 928. The summed E-state index contributed by atoms with van der Waals surface area (Å²) in [7, 11) is 0. The number of para-hydroxylation sites is 3. The lowest BCUT2D eigenvalue weighted by Gasteiger charge is -2.20. The molecule has 1 aliphatic heterocycles. The lowest BCUT2D eigenvalue weighted by atomic mass is 10.1. The van der Waals surface area contributed by atoms with Crippen molar-refractivity contribution in [3.8, 4) is 0 Å². The van der Waals surface area contributed by atoms with E-state index < -0.39 is 0 Å². The summed E-state index contributed by atoms with van der Waals surface area (Å²) in [4.78, 5) is 14.9. The van der Waals surface area contributed by atoms with Crippen LogP contribution in [0.4, 0.5) is 17.1 Å². The minimum atomic E-state index is -0.0464. The number of amides is 1. The van der Waals surface area contributed by atoms with Crippen molar-refractivity contribution >= 4 is 28.7 Å². The van der Waals surface area contributed by atoms with Gasteiger partial charge in [0.25, 0.3) is 5.91 Å². The number of hydrazone groups is 1. The van der Waals surface area contributed by atoms with Crippen LogP contribution in [0.5, 0.6) is 0 Å². The highest BCUT2D eigenvalue weighted by Gasteiger charge is 2.34. The average Bonchev–Trinajstić information content (AvgIpc) is 2.99. The van der Waals surface area contributed by atoms with Crippen molar-refractivity contribution in [3.05, 3.63) is 90.5 Å². The van der Waals surface area contributed by atoms with Gasteiger partial charge in [0, 0.05) is 12.1 Å². The Morgan fingerprint density at radius 3 is 1.96 bits per heavy atom. The molecule has 4 rings (SSSR count). The van der Waals surface area contributed by atoms with Crippen molar-refractivity contribution in [2.24, 2.45) is 5.10 Å². The molecular formula is C23H21N3O. The molecule has 0 N–H and O–H groups in total. The van der Waals surface area contributed by atoms with E-state index >= 15 is 0 Å². The fourth-order valence-electron chi connectivity index (χ4n) is 3.31. The molecule has 0 aromatic heterocycles. The first-order valence-electron chi connectivity index (χ1n) is 9.19. The molecule has 0 saturated carbocycles. The molecule has 0 bridgehead atoms. The molecule has 0 saturated heterocycles. The van der Waals surface area contributed by atoms with E-state index in [0.717, 1.165) is 29.0 Å². The van der Waals surface area contributed by atoms with E-state index in [4.69, 9.17) is 5.10 Å². The van der Waals surface area contributed by atoms with Crippen LogP contribution in [0.2, 0.25) is 0 Å². The molecular weight excluding hydrogens is 334 g/mol. The van der Waals surface area contributed by atoms with Gasteiger partial charge in [0.1, 0.15) is 0 Å². The summed E-state index contributed by atoms with van der Waals surface area (Å²) in [5.41, 5.74) is 4.12. The zero-order valence-corrected chi connectivity index (χ0v) is 15.2. The number of fused-ring (bicyclic) bond motifs is 1. The summed E-state index contributed by atoms with van der Waals surface area (Å²) in [5, 5.41) is 6.66. The number of rotatable bonds is 5. The van der Waals surface area contributed by atoms with Crippen LogP contribution >= 0.6 is 0 Å². The SMILES string of the molecule is CCCN1C(=O)/C(=N/N(c2ccccc2)c2ccccc2)c2ccccc21. The van der Waals surface area contributed by atoms with E-state index in [1.807, 2.05) is 94.8 Å². The van der Waals surface area contributed by atoms with Gasteiger partial charge >= 0.3 is 0 Å². The first kappa shape index (κ1) is 17.0. The molecule has 0 aliphatic carbocycles. The molecule has 0 atom stereocenters. The second-order valence-electron chi connectivity index (χ2n) is 6.41. The second kappa shape index (κ2) is 7.46. The third-order valence-corrected chi connectivity index (χ3v) is 4.55. The number of hydrogen-bond donors (Lipinski definition) is 0. The summed E-state index contributed by atoms with van der Waals surface area (Å²) in [5.74, 6) is -0.0464. The van der Waals surface area contributed by atoms with Gasteiger partial charge in [0.15, 0.2) is 5.71 Å². The molecule has 1 aliphatic rings. The summed E-state index contributed by atoms with van der Waals surface area (Å²) < 4.78 is 0. The highest BCUT2D eigenvalue weighted by atomic mass is 16.2. The number of nitrogens with zero attached hydrogens (tertiary/aromatic N) is 3. The van der Waals surface area contributed by atoms with Gasteiger partial charge in [-0.2, -0.15) is 5.10 Å². The Balaban J connectivity index is 1.85. The van der Waals surface area contributed by atoms with Crippen molar-refractivity contribution in [3.63, 3.8) is 0 Å². The van der Waals surface area contributed by atoms with E-state index in [2.05, 4.69) is 6.92 Å². The summed E-state index contributed by atoms with van der Waals surface area (Å²) in [6, 6.07) is 27.7. The van der Waals surface area contributed by atoms with Gasteiger partial charge in [0.05, 0.1) is 17.1 Å². The first-order chi connectivity index (χ1) is 13.3. The Morgan fingerprint density at radius 2 is 1.37 bits per heavy atom. The quantitative estimate of drug-likeness (QED) is 0.605. The molecule has 3 aromatic rings. The van der Waals surface area contributed by atoms with Crippen molar-refractivity contribution in [1.82, 2.24) is 0 Å². The summed E-state index contributed by atoms with van der Waals surface area (Å²) >= 11 is 0. The van der Waals surface area contributed by atoms with Gasteiger partial charge < -0.3 is 4.90 Å². The Kier molecular flexibility index (Phi) is 4.71. The van der Waals surface area contributed by atoms with Gasteiger partial charge in [-0.25, -0.2) is 5.01 Å². The molecule has 27 heavy (non-hydrogen) atoms. The first-order valence-corrected chi connectivity index (χ1v) is 9.19. The lowest BCUT2D eigenvalue weighted by molar-refractivity contribution is -0.112. The number of anilines is 3. The fourth-order valence-corrected chi connectivity index (χ4v) is 3.31. The average molecular weight is 355 g/mol. The molecule has 0 fully saturated rings. The zero-order valence-electron chi connectivity index (χ0n) is 15.2. The van der Waals surface area contributed by atoms with Gasteiger partial charge in [-0.3, -0.25) is 4.79 Å². The maximum atomic E-state index is 13.1. The van der Waals surface area contributed by atoms with Gasteiger partial charge in [0.2, 0.25) is 0 Å². The van der Waals surface area contributed by atoms with Gasteiger partial charge in [-0.1, -0.05) is 61.5 Å². The van der Waals surface area contributed by atoms with Crippen LogP contribution in [-0.2, 0) is 4.79 Å². The maximum absolute atomic E-state index is 13.1. The topological polar surface area (TPSA) is 35.9 Å². The largest absolute Gasteiger partial charge is 0.306 e. The Morgan fingerprint density at radius 1 is 0.815 bits per heavy atom. The molecule has 3 aromatic carbocycles. The fraction of sp³-hybridized carbons (Fsp3) is 0.130. The number of carbonyl (C=O) groups excluding carboxylic acids is 1. The van der Waals surface area contributed by atoms with E-state index in [1.54, 1.807) is 0 Å². The normalized spacial score (nSPS) is 14.5. The maximum Gasteiger partial charge on any atom is 0.279 e. The summed E-state index contributed by atoms with van der Waals surface area (Å²) in [6.07, 6.45) is 0.897. The monoisotopic (exact) mass is 355 g/mol. The van der Waals surface area contributed by atoms with Crippen LogP contribution in [0.15, 0.2) is 90.0 Å². The van der Waals surface area contributed by atoms with Gasteiger partial charge in [-0.05, 0) is 36.8 Å². The molecule has 0 radical (unpaired) electrons. The Labute approximate surface area is 159 Å². The van der Waals surface area contributed by atoms with Crippen molar-refractivity contribution in [2.45, 2.75) is 13.3 Å². The van der Waals surface area contributed by atoms with Gasteiger partial charge in [-0.15, -0.1) is 0 Å². The molecule has 1 amide bonds. The Hall–Kier alpha value is -3.40. The van der Waals surface area contributed by atoms with Crippen molar-refractivity contribution in [2.75, 3.05) is 16.5 Å². The van der Waals surface area contributed by atoms with Crippen LogP contribution < -0.4 is 9.91 Å². The van der Waals surface area contributed by atoms with E-state index in [9.17, 15) is 4.79 Å². The molecule has 0 spiro atoms. The van der Waals surface area contributed by atoms with E-state index in [0.29, 0.717) is 12.3 Å². The highest BCUT2D eigenvalue weighted by molar-refractivity contribution is 6.54. The molecule has 4 heteroatoms. The zero-order chi connectivity index (χ0) is 18.6. The minimum absolute atomic E-state index is 0.0464. The van der Waals surface area contributed by atoms with Crippen LogP contribution in [0.25, 0.3) is 0 Å². The summed E-state index contributed by atoms with van der Waals surface area (Å²) in [6.45, 7) is 2.76. The smallest absolute Gasteiger partial charge is 0.279 e. The molecule has 4 nitrogen and oxygen atoms in total. The predicted octanol–water partition coefficient (Wildman–Crippen LogP) is 4.99. The third-order valence-electron chi connectivity index (χ3n) is 4.55. The van der Waals surface area contributed by atoms with Crippen molar-refractivity contribution in [1.29, 1.82) is 0 Å². The molecule has 134 valence electrons. The van der Waals surface area contributed by atoms with E-state index in [-0.39, 0.29) is 5.91 Å². The van der Waals surface area contributed by atoms with Crippen LogP contribution in [-0.4, -0.2) is 18.2 Å². The number of carbonyl (C=O) groups is 1. The molecule has 1 heterocycles. The van der Waals surface area contributed by atoms with Crippen LogP contribution in [0, 0.1) is 0 Å². The molecule has 0 unspecified atom stereocenters.